The molecule has 1 amide bonds. The van der Waals surface area contributed by atoms with Crippen LogP contribution in [0, 0.1) is 12.7 Å². The van der Waals surface area contributed by atoms with Crippen molar-refractivity contribution in [1.82, 2.24) is 0 Å². The Hall–Kier alpha value is -2.36. The van der Waals surface area contributed by atoms with Crippen LogP contribution in [0.3, 0.4) is 0 Å². The molecule has 0 aliphatic carbocycles. The summed E-state index contributed by atoms with van der Waals surface area (Å²) in [5.41, 5.74) is 8.14. The molecule has 0 aliphatic heterocycles. The topological polar surface area (TPSA) is 46.3 Å². The molecule has 98 valence electrons. The third-order valence-corrected chi connectivity index (χ3v) is 2.98. The SMILES string of the molecule is Cc1cc(N)ccc1C(=O)N(C)c1cccc(F)c1. The summed E-state index contributed by atoms with van der Waals surface area (Å²) in [7, 11) is 1.62. The maximum Gasteiger partial charge on any atom is 0.258 e. The van der Waals surface area contributed by atoms with Crippen molar-refractivity contribution in [3.8, 4) is 0 Å². The van der Waals surface area contributed by atoms with Gasteiger partial charge < -0.3 is 10.6 Å². The summed E-state index contributed by atoms with van der Waals surface area (Å²) in [6, 6.07) is 11.0. The zero-order chi connectivity index (χ0) is 14.0. The number of nitrogens with two attached hydrogens (primary N) is 1. The smallest absolute Gasteiger partial charge is 0.258 e. The van der Waals surface area contributed by atoms with Gasteiger partial charge in [0.15, 0.2) is 0 Å². The summed E-state index contributed by atoms with van der Waals surface area (Å²) in [4.78, 5) is 13.8. The van der Waals surface area contributed by atoms with Crippen molar-refractivity contribution in [2.45, 2.75) is 6.92 Å². The predicted octanol–water partition coefficient (Wildman–Crippen LogP) is 2.99. The number of benzene rings is 2. The molecule has 0 atom stereocenters. The normalized spacial score (nSPS) is 10.3. The number of hydrogen-bond donors (Lipinski definition) is 1. The van der Waals surface area contributed by atoms with Gasteiger partial charge in [-0.05, 0) is 48.9 Å². The highest BCUT2D eigenvalue weighted by Crippen LogP contribution is 2.19. The molecule has 0 aliphatic rings. The summed E-state index contributed by atoms with van der Waals surface area (Å²) in [5, 5.41) is 0. The maximum absolute atomic E-state index is 13.2. The van der Waals surface area contributed by atoms with E-state index in [1.807, 2.05) is 6.92 Å². The predicted molar refractivity (Wildman–Crippen MR) is 74.7 cm³/mol. The number of carbonyl (C=O) groups is 1. The first-order valence-corrected chi connectivity index (χ1v) is 5.89. The van der Waals surface area contributed by atoms with Gasteiger partial charge in [-0.1, -0.05) is 6.07 Å². The number of anilines is 2. The summed E-state index contributed by atoms with van der Waals surface area (Å²) < 4.78 is 13.2. The average Bonchev–Trinajstić information content (AvgIpc) is 2.37. The van der Waals surface area contributed by atoms with Crippen LogP contribution in [0.1, 0.15) is 15.9 Å². The molecule has 0 fully saturated rings. The second kappa shape index (κ2) is 5.10. The lowest BCUT2D eigenvalue weighted by molar-refractivity contribution is 0.0992. The largest absolute Gasteiger partial charge is 0.399 e. The number of carbonyl (C=O) groups excluding carboxylic acids is 1. The lowest BCUT2D eigenvalue weighted by Crippen LogP contribution is -2.27. The minimum Gasteiger partial charge on any atom is -0.399 e. The van der Waals surface area contributed by atoms with E-state index in [2.05, 4.69) is 0 Å². The molecule has 0 heterocycles. The van der Waals surface area contributed by atoms with Gasteiger partial charge in [-0.25, -0.2) is 4.39 Å². The molecule has 0 bridgehead atoms. The van der Waals surface area contributed by atoms with Gasteiger partial charge in [0.2, 0.25) is 0 Å². The first-order valence-electron chi connectivity index (χ1n) is 5.89. The van der Waals surface area contributed by atoms with Crippen LogP contribution in [-0.4, -0.2) is 13.0 Å². The van der Waals surface area contributed by atoms with Crippen LogP contribution in [0.2, 0.25) is 0 Å². The third-order valence-electron chi connectivity index (χ3n) is 2.98. The van der Waals surface area contributed by atoms with Gasteiger partial charge in [0, 0.05) is 24.0 Å². The second-order valence-electron chi connectivity index (χ2n) is 4.42. The molecule has 0 aromatic heterocycles. The molecule has 2 N–H and O–H groups in total. The Kier molecular flexibility index (Phi) is 3.51. The molecular formula is C15H15FN2O. The van der Waals surface area contributed by atoms with Gasteiger partial charge in [-0.3, -0.25) is 4.79 Å². The highest BCUT2D eigenvalue weighted by molar-refractivity contribution is 6.06. The van der Waals surface area contributed by atoms with Crippen LogP contribution in [0.25, 0.3) is 0 Å². The van der Waals surface area contributed by atoms with E-state index < -0.39 is 0 Å². The molecular weight excluding hydrogens is 243 g/mol. The van der Waals surface area contributed by atoms with E-state index in [0.717, 1.165) is 5.56 Å². The van der Waals surface area contributed by atoms with Gasteiger partial charge in [-0.15, -0.1) is 0 Å². The molecule has 19 heavy (non-hydrogen) atoms. The van der Waals surface area contributed by atoms with Crippen molar-refractivity contribution in [2.24, 2.45) is 0 Å². The van der Waals surface area contributed by atoms with Crippen molar-refractivity contribution >= 4 is 17.3 Å². The number of aryl methyl sites for hydroxylation is 1. The highest BCUT2D eigenvalue weighted by atomic mass is 19.1. The Balaban J connectivity index is 2.33. The number of rotatable bonds is 2. The van der Waals surface area contributed by atoms with E-state index in [4.69, 9.17) is 5.73 Å². The van der Waals surface area contributed by atoms with E-state index in [1.165, 1.54) is 17.0 Å². The molecule has 3 nitrogen and oxygen atoms in total. The van der Waals surface area contributed by atoms with Crippen molar-refractivity contribution in [1.29, 1.82) is 0 Å². The molecule has 0 radical (unpaired) electrons. The maximum atomic E-state index is 13.2. The number of amides is 1. The molecule has 0 saturated heterocycles. The van der Waals surface area contributed by atoms with E-state index in [9.17, 15) is 9.18 Å². The Labute approximate surface area is 111 Å². The Bertz CT molecular complexity index is 625. The average molecular weight is 258 g/mol. The molecule has 0 spiro atoms. The standard InChI is InChI=1S/C15H15FN2O/c1-10-8-12(17)6-7-14(10)15(19)18(2)13-5-3-4-11(16)9-13/h3-9H,17H2,1-2H3. The van der Waals surface area contributed by atoms with Crippen molar-refractivity contribution in [3.63, 3.8) is 0 Å². The van der Waals surface area contributed by atoms with Crippen molar-refractivity contribution in [2.75, 3.05) is 17.7 Å². The van der Waals surface area contributed by atoms with Crippen LogP contribution < -0.4 is 10.6 Å². The number of nitrogens with zero attached hydrogens (tertiary/aromatic N) is 1. The quantitative estimate of drug-likeness (QED) is 0.842. The zero-order valence-electron chi connectivity index (χ0n) is 10.9. The summed E-state index contributed by atoms with van der Waals surface area (Å²) in [6.45, 7) is 1.82. The molecule has 0 unspecified atom stereocenters. The van der Waals surface area contributed by atoms with Crippen LogP contribution in [0.15, 0.2) is 42.5 Å². The van der Waals surface area contributed by atoms with Gasteiger partial charge in [0.25, 0.3) is 5.91 Å². The summed E-state index contributed by atoms with van der Waals surface area (Å²) in [6.07, 6.45) is 0. The van der Waals surface area contributed by atoms with Crippen LogP contribution in [0.4, 0.5) is 15.8 Å². The van der Waals surface area contributed by atoms with Gasteiger partial charge in [-0.2, -0.15) is 0 Å². The first-order chi connectivity index (χ1) is 8.99. The number of halogens is 1. The van der Waals surface area contributed by atoms with E-state index in [1.54, 1.807) is 37.4 Å². The second-order valence-corrected chi connectivity index (χ2v) is 4.42. The Morgan fingerprint density at radius 2 is 1.95 bits per heavy atom. The van der Waals surface area contributed by atoms with E-state index in [-0.39, 0.29) is 11.7 Å². The van der Waals surface area contributed by atoms with Crippen molar-refractivity contribution < 1.29 is 9.18 Å². The third kappa shape index (κ3) is 2.73. The van der Waals surface area contributed by atoms with Crippen molar-refractivity contribution in [3.05, 3.63) is 59.4 Å². The van der Waals surface area contributed by atoms with Gasteiger partial charge in [0.1, 0.15) is 5.82 Å². The fourth-order valence-corrected chi connectivity index (χ4v) is 1.91. The minimum atomic E-state index is -0.369. The summed E-state index contributed by atoms with van der Waals surface area (Å²) in [5.74, 6) is -0.561. The van der Waals surface area contributed by atoms with E-state index >= 15 is 0 Å². The minimum absolute atomic E-state index is 0.192. The van der Waals surface area contributed by atoms with Gasteiger partial charge >= 0.3 is 0 Å². The first kappa shape index (κ1) is 13.1. The Morgan fingerprint density at radius 1 is 1.21 bits per heavy atom. The van der Waals surface area contributed by atoms with E-state index in [0.29, 0.717) is 16.9 Å². The summed E-state index contributed by atoms with van der Waals surface area (Å²) >= 11 is 0. The lowest BCUT2D eigenvalue weighted by Gasteiger charge is -2.18. The molecule has 0 saturated carbocycles. The fourth-order valence-electron chi connectivity index (χ4n) is 1.91. The zero-order valence-corrected chi connectivity index (χ0v) is 10.9. The lowest BCUT2D eigenvalue weighted by atomic mass is 10.1. The Morgan fingerprint density at radius 3 is 2.58 bits per heavy atom. The van der Waals surface area contributed by atoms with Crippen LogP contribution in [-0.2, 0) is 0 Å². The fraction of sp³-hybridized carbons (Fsp3) is 0.133. The molecule has 4 heteroatoms. The van der Waals surface area contributed by atoms with Gasteiger partial charge in [0.05, 0.1) is 0 Å². The van der Waals surface area contributed by atoms with Crippen LogP contribution >= 0.6 is 0 Å². The molecule has 2 aromatic rings. The number of nitrogen functional groups attached to an aromatic ring is 1. The highest BCUT2D eigenvalue weighted by Gasteiger charge is 2.15. The monoisotopic (exact) mass is 258 g/mol. The molecule has 2 aromatic carbocycles. The number of hydrogen-bond acceptors (Lipinski definition) is 2. The van der Waals surface area contributed by atoms with Crippen LogP contribution in [0.5, 0.6) is 0 Å². The molecule has 2 rings (SSSR count).